The number of pyridine rings is 1. The van der Waals surface area contributed by atoms with Gasteiger partial charge in [0.15, 0.2) is 0 Å². The first-order valence-corrected chi connectivity index (χ1v) is 9.98. The SMILES string of the molecule is CCc1cc(C(=O)N2C[C@H]3C[C@@H](Oc4ccc(C)nc4C)[C@H](O)C[C@H]3C2)on1. The number of aliphatic hydroxyl groups is 1. The first-order chi connectivity index (χ1) is 13.4. The Balaban J connectivity index is 1.42. The quantitative estimate of drug-likeness (QED) is 0.870. The summed E-state index contributed by atoms with van der Waals surface area (Å²) in [6.07, 6.45) is 1.26. The van der Waals surface area contributed by atoms with Gasteiger partial charge >= 0.3 is 0 Å². The lowest BCUT2D eigenvalue weighted by molar-refractivity contribution is -0.0236. The van der Waals surface area contributed by atoms with Crippen molar-refractivity contribution in [2.24, 2.45) is 11.8 Å². The highest BCUT2D eigenvalue weighted by molar-refractivity contribution is 5.91. The van der Waals surface area contributed by atoms with Crippen molar-refractivity contribution in [3.63, 3.8) is 0 Å². The zero-order chi connectivity index (χ0) is 19.8. The number of nitrogens with zero attached hydrogens (tertiary/aromatic N) is 3. The number of rotatable bonds is 4. The molecule has 1 amide bonds. The Kier molecular flexibility index (Phi) is 5.10. The summed E-state index contributed by atoms with van der Waals surface area (Å²) in [5.41, 5.74) is 2.55. The molecule has 0 spiro atoms. The summed E-state index contributed by atoms with van der Waals surface area (Å²) in [6.45, 7) is 7.13. The predicted molar refractivity (Wildman–Crippen MR) is 102 cm³/mol. The summed E-state index contributed by atoms with van der Waals surface area (Å²) in [4.78, 5) is 19.0. The van der Waals surface area contributed by atoms with Crippen LogP contribution in [0.1, 0.15) is 47.4 Å². The van der Waals surface area contributed by atoms with Gasteiger partial charge in [-0.3, -0.25) is 9.78 Å². The van der Waals surface area contributed by atoms with Crippen LogP contribution >= 0.6 is 0 Å². The number of likely N-dealkylation sites (tertiary alicyclic amines) is 1. The van der Waals surface area contributed by atoms with Crippen molar-refractivity contribution in [1.82, 2.24) is 15.0 Å². The van der Waals surface area contributed by atoms with Crippen LogP contribution in [0, 0.1) is 25.7 Å². The molecule has 28 heavy (non-hydrogen) atoms. The maximum Gasteiger partial charge on any atom is 0.292 e. The number of ether oxygens (including phenoxy) is 1. The summed E-state index contributed by atoms with van der Waals surface area (Å²) in [5.74, 6) is 1.49. The van der Waals surface area contributed by atoms with Crippen molar-refractivity contribution in [1.29, 1.82) is 0 Å². The Hall–Kier alpha value is -2.41. The first kappa shape index (κ1) is 18.9. The minimum Gasteiger partial charge on any atom is -0.486 e. The third-order valence-electron chi connectivity index (χ3n) is 5.96. The second-order valence-corrected chi connectivity index (χ2v) is 8.00. The van der Waals surface area contributed by atoms with Gasteiger partial charge in [-0.1, -0.05) is 12.1 Å². The zero-order valence-corrected chi connectivity index (χ0v) is 16.6. The van der Waals surface area contributed by atoms with Gasteiger partial charge in [-0.15, -0.1) is 0 Å². The number of fused-ring (bicyclic) bond motifs is 1. The molecule has 150 valence electrons. The van der Waals surface area contributed by atoms with Crippen LogP contribution in [0.4, 0.5) is 0 Å². The molecule has 1 saturated carbocycles. The predicted octanol–water partition coefficient (Wildman–Crippen LogP) is 2.54. The number of carbonyl (C=O) groups excluding carboxylic acids is 1. The van der Waals surface area contributed by atoms with Crippen molar-refractivity contribution in [2.75, 3.05) is 13.1 Å². The van der Waals surface area contributed by atoms with Crippen LogP contribution in [-0.2, 0) is 6.42 Å². The van der Waals surface area contributed by atoms with Gasteiger partial charge < -0.3 is 19.3 Å². The maximum atomic E-state index is 12.7. The Bertz CT molecular complexity index is 865. The molecule has 2 aliphatic rings. The van der Waals surface area contributed by atoms with Gasteiger partial charge in [-0.25, -0.2) is 0 Å². The zero-order valence-electron chi connectivity index (χ0n) is 16.6. The van der Waals surface area contributed by atoms with Crippen LogP contribution < -0.4 is 4.74 Å². The number of hydrogen-bond acceptors (Lipinski definition) is 6. The van der Waals surface area contributed by atoms with E-state index >= 15 is 0 Å². The molecular formula is C21H27N3O4. The molecule has 2 fully saturated rings. The summed E-state index contributed by atoms with van der Waals surface area (Å²) in [6, 6.07) is 5.55. The minimum atomic E-state index is -0.547. The van der Waals surface area contributed by atoms with E-state index in [1.807, 2.05) is 37.8 Å². The van der Waals surface area contributed by atoms with E-state index in [9.17, 15) is 9.90 Å². The lowest BCUT2D eigenvalue weighted by Crippen LogP contribution is -2.42. The molecule has 1 aliphatic heterocycles. The molecule has 2 aromatic heterocycles. The number of aromatic nitrogens is 2. The summed E-state index contributed by atoms with van der Waals surface area (Å²) < 4.78 is 11.3. The fourth-order valence-electron chi connectivity index (χ4n) is 4.38. The van der Waals surface area contributed by atoms with E-state index in [1.165, 1.54) is 0 Å². The second-order valence-electron chi connectivity index (χ2n) is 8.00. The molecule has 2 aromatic rings. The lowest BCUT2D eigenvalue weighted by Gasteiger charge is -2.35. The third-order valence-corrected chi connectivity index (χ3v) is 5.96. The van der Waals surface area contributed by atoms with Gasteiger partial charge in [0.25, 0.3) is 5.91 Å². The Morgan fingerprint density at radius 2 is 2.04 bits per heavy atom. The van der Waals surface area contributed by atoms with Crippen LogP contribution in [-0.4, -0.2) is 51.4 Å². The van der Waals surface area contributed by atoms with E-state index in [2.05, 4.69) is 10.1 Å². The second kappa shape index (κ2) is 7.54. The highest BCUT2D eigenvalue weighted by atomic mass is 16.5. The number of aliphatic hydroxyl groups excluding tert-OH is 1. The summed E-state index contributed by atoms with van der Waals surface area (Å²) >= 11 is 0. The first-order valence-electron chi connectivity index (χ1n) is 9.98. The van der Waals surface area contributed by atoms with E-state index in [-0.39, 0.29) is 17.9 Å². The smallest absolute Gasteiger partial charge is 0.292 e. The minimum absolute atomic E-state index is 0.118. The molecule has 1 N–H and O–H groups in total. The van der Waals surface area contributed by atoms with E-state index in [1.54, 1.807) is 6.07 Å². The Morgan fingerprint density at radius 3 is 2.71 bits per heavy atom. The fourth-order valence-corrected chi connectivity index (χ4v) is 4.38. The molecule has 0 bridgehead atoms. The number of aryl methyl sites for hydroxylation is 3. The standard InChI is InChI=1S/C21H27N3O4/c1-4-16-9-20(28-23-16)21(26)24-10-14-7-17(25)19(8-15(14)11-24)27-18-6-5-12(2)22-13(18)3/h5-6,9,14-15,17,19,25H,4,7-8,10-11H2,1-3H3/t14-,15+,17+,19+/m0/s1. The van der Waals surface area contributed by atoms with E-state index in [0.29, 0.717) is 36.9 Å². The van der Waals surface area contributed by atoms with Crippen molar-refractivity contribution in [2.45, 2.75) is 52.2 Å². The normalized spacial score (nSPS) is 26.9. The Labute approximate surface area is 164 Å². The molecule has 0 aromatic carbocycles. The molecule has 0 radical (unpaired) electrons. The van der Waals surface area contributed by atoms with Crippen LogP contribution in [0.15, 0.2) is 22.7 Å². The summed E-state index contributed by atoms with van der Waals surface area (Å²) in [5, 5.41) is 14.5. The average Bonchev–Trinajstić information content (AvgIpc) is 3.30. The van der Waals surface area contributed by atoms with E-state index < -0.39 is 6.10 Å². The fraction of sp³-hybridized carbons (Fsp3) is 0.571. The molecule has 4 atom stereocenters. The summed E-state index contributed by atoms with van der Waals surface area (Å²) in [7, 11) is 0. The molecule has 1 aliphatic carbocycles. The van der Waals surface area contributed by atoms with E-state index in [4.69, 9.17) is 9.26 Å². The van der Waals surface area contributed by atoms with Crippen LogP contribution in [0.3, 0.4) is 0 Å². The number of carbonyl (C=O) groups is 1. The van der Waals surface area contributed by atoms with Crippen molar-refractivity contribution < 1.29 is 19.2 Å². The molecule has 0 unspecified atom stereocenters. The van der Waals surface area contributed by atoms with Crippen molar-refractivity contribution >= 4 is 5.91 Å². The average molecular weight is 385 g/mol. The number of hydrogen-bond donors (Lipinski definition) is 1. The maximum absolute atomic E-state index is 12.7. The van der Waals surface area contributed by atoms with Gasteiger partial charge in [-0.05, 0) is 57.1 Å². The van der Waals surface area contributed by atoms with E-state index in [0.717, 1.165) is 29.9 Å². The van der Waals surface area contributed by atoms with Gasteiger partial charge in [-0.2, -0.15) is 0 Å². The molecule has 7 heteroatoms. The van der Waals surface area contributed by atoms with Crippen LogP contribution in [0.5, 0.6) is 5.75 Å². The lowest BCUT2D eigenvalue weighted by atomic mass is 9.78. The van der Waals surface area contributed by atoms with Crippen molar-refractivity contribution in [3.8, 4) is 5.75 Å². The highest BCUT2D eigenvalue weighted by Gasteiger charge is 2.44. The molecule has 7 nitrogen and oxygen atoms in total. The molecule has 3 heterocycles. The molecule has 1 saturated heterocycles. The van der Waals surface area contributed by atoms with Crippen LogP contribution in [0.2, 0.25) is 0 Å². The largest absolute Gasteiger partial charge is 0.486 e. The topological polar surface area (TPSA) is 88.7 Å². The molecule has 4 rings (SSSR count). The van der Waals surface area contributed by atoms with Gasteiger partial charge in [0.2, 0.25) is 5.76 Å². The molecular weight excluding hydrogens is 358 g/mol. The third kappa shape index (κ3) is 3.63. The monoisotopic (exact) mass is 385 g/mol. The number of amides is 1. The van der Waals surface area contributed by atoms with Crippen molar-refractivity contribution in [3.05, 3.63) is 41.0 Å². The van der Waals surface area contributed by atoms with Gasteiger partial charge in [0.1, 0.15) is 11.9 Å². The van der Waals surface area contributed by atoms with Gasteiger partial charge in [0, 0.05) is 24.8 Å². The Morgan fingerprint density at radius 1 is 1.29 bits per heavy atom. The highest BCUT2D eigenvalue weighted by Crippen LogP contribution is 2.38. The van der Waals surface area contributed by atoms with Gasteiger partial charge in [0.05, 0.1) is 17.5 Å². The van der Waals surface area contributed by atoms with Crippen LogP contribution in [0.25, 0.3) is 0 Å².